The number of benzene rings is 2. The van der Waals surface area contributed by atoms with E-state index in [9.17, 15) is 14.4 Å². The molecule has 0 saturated carbocycles. The van der Waals surface area contributed by atoms with Gasteiger partial charge in [0.15, 0.2) is 0 Å². The molecule has 1 aliphatic rings. The van der Waals surface area contributed by atoms with Crippen LogP contribution < -0.4 is 15.4 Å². The molecule has 2 amide bonds. The van der Waals surface area contributed by atoms with Crippen molar-refractivity contribution in [3.8, 4) is 5.75 Å². The van der Waals surface area contributed by atoms with Crippen LogP contribution in [-0.4, -0.2) is 43.0 Å². The second-order valence-corrected chi connectivity index (χ2v) is 8.53. The van der Waals surface area contributed by atoms with Crippen LogP contribution in [-0.2, 0) is 16.0 Å². The number of aromatic amines is 1. The summed E-state index contributed by atoms with van der Waals surface area (Å²) in [6, 6.07) is 12.6. The van der Waals surface area contributed by atoms with E-state index in [-0.39, 0.29) is 18.4 Å². The molecule has 0 spiro atoms. The highest BCUT2D eigenvalue weighted by Crippen LogP contribution is 2.34. The fraction of sp³-hybridized carbons (Fsp3) is 0.250. The molecule has 0 saturated heterocycles. The second-order valence-electron chi connectivity index (χ2n) is 8.53. The van der Waals surface area contributed by atoms with Gasteiger partial charge in [-0.15, -0.1) is 0 Å². The van der Waals surface area contributed by atoms with Crippen LogP contribution in [0.3, 0.4) is 0 Å². The topological polar surface area (TPSA) is 110 Å². The minimum absolute atomic E-state index is 0.160. The SMILES string of the molecule is CCc1ccc2c(c1)/C(=C/c1[nH]c(C)c(C(=O)NCCOc3ccc(C(=O)OC)cc3)c1C)C(=O)N2. The molecule has 1 aliphatic heterocycles. The number of fused-ring (bicyclic) bond motifs is 1. The Bertz CT molecular complexity index is 1350. The summed E-state index contributed by atoms with van der Waals surface area (Å²) in [6.45, 7) is 6.33. The molecule has 0 atom stereocenters. The lowest BCUT2D eigenvalue weighted by Crippen LogP contribution is -2.28. The normalized spacial score (nSPS) is 13.3. The largest absolute Gasteiger partial charge is 0.492 e. The zero-order chi connectivity index (χ0) is 25.8. The molecule has 36 heavy (non-hydrogen) atoms. The number of hydrogen-bond acceptors (Lipinski definition) is 5. The smallest absolute Gasteiger partial charge is 0.337 e. The van der Waals surface area contributed by atoms with Crippen molar-refractivity contribution in [3.63, 3.8) is 0 Å². The average molecular weight is 488 g/mol. The van der Waals surface area contributed by atoms with Crippen molar-refractivity contribution in [2.24, 2.45) is 0 Å². The molecule has 2 aromatic carbocycles. The van der Waals surface area contributed by atoms with Crippen LogP contribution in [0.15, 0.2) is 42.5 Å². The van der Waals surface area contributed by atoms with Gasteiger partial charge in [0, 0.05) is 22.6 Å². The highest BCUT2D eigenvalue weighted by atomic mass is 16.5. The molecule has 0 radical (unpaired) electrons. The molecule has 1 aromatic heterocycles. The summed E-state index contributed by atoms with van der Waals surface area (Å²) in [6.07, 6.45) is 2.68. The van der Waals surface area contributed by atoms with Crippen LogP contribution in [0.5, 0.6) is 5.75 Å². The molecular formula is C28H29N3O5. The van der Waals surface area contributed by atoms with Gasteiger partial charge in [-0.25, -0.2) is 4.79 Å². The van der Waals surface area contributed by atoms with E-state index in [0.717, 1.165) is 40.2 Å². The highest BCUT2D eigenvalue weighted by molar-refractivity contribution is 6.35. The summed E-state index contributed by atoms with van der Waals surface area (Å²) in [7, 11) is 1.33. The molecule has 0 aliphatic carbocycles. The van der Waals surface area contributed by atoms with Gasteiger partial charge >= 0.3 is 5.97 Å². The molecule has 4 rings (SSSR count). The van der Waals surface area contributed by atoms with Gasteiger partial charge in [-0.3, -0.25) is 9.59 Å². The molecule has 2 heterocycles. The number of rotatable bonds is 8. The molecule has 3 aromatic rings. The Morgan fingerprint density at radius 2 is 1.83 bits per heavy atom. The summed E-state index contributed by atoms with van der Waals surface area (Å²) >= 11 is 0. The molecular weight excluding hydrogens is 458 g/mol. The Morgan fingerprint density at radius 3 is 2.53 bits per heavy atom. The number of methoxy groups -OCH3 is 1. The molecule has 0 bridgehead atoms. The minimum Gasteiger partial charge on any atom is -0.492 e. The van der Waals surface area contributed by atoms with E-state index < -0.39 is 5.97 Å². The number of esters is 1. The first-order valence-corrected chi connectivity index (χ1v) is 11.8. The van der Waals surface area contributed by atoms with Crippen LogP contribution >= 0.6 is 0 Å². The van der Waals surface area contributed by atoms with E-state index >= 15 is 0 Å². The third-order valence-electron chi connectivity index (χ3n) is 6.20. The summed E-state index contributed by atoms with van der Waals surface area (Å²) in [5.74, 6) is -0.210. The van der Waals surface area contributed by atoms with Crippen LogP contribution in [0.1, 0.15) is 55.7 Å². The van der Waals surface area contributed by atoms with E-state index in [4.69, 9.17) is 4.74 Å². The first-order valence-electron chi connectivity index (χ1n) is 11.8. The van der Waals surface area contributed by atoms with Crippen molar-refractivity contribution in [2.75, 3.05) is 25.6 Å². The first kappa shape index (κ1) is 24.8. The predicted molar refractivity (Wildman–Crippen MR) is 138 cm³/mol. The molecule has 3 N–H and O–H groups in total. The number of carbonyl (C=O) groups is 3. The zero-order valence-electron chi connectivity index (χ0n) is 20.8. The number of aromatic nitrogens is 1. The van der Waals surface area contributed by atoms with Gasteiger partial charge in [-0.1, -0.05) is 13.0 Å². The van der Waals surface area contributed by atoms with Crippen molar-refractivity contribution >= 4 is 35.1 Å². The third-order valence-corrected chi connectivity index (χ3v) is 6.20. The van der Waals surface area contributed by atoms with Gasteiger partial charge in [-0.05, 0) is 73.9 Å². The van der Waals surface area contributed by atoms with Gasteiger partial charge in [-0.2, -0.15) is 0 Å². The van der Waals surface area contributed by atoms with Crippen molar-refractivity contribution in [2.45, 2.75) is 27.2 Å². The Balaban J connectivity index is 1.42. The Hall–Kier alpha value is -4.33. The first-order chi connectivity index (χ1) is 17.3. The van der Waals surface area contributed by atoms with E-state index in [1.165, 1.54) is 7.11 Å². The van der Waals surface area contributed by atoms with Crippen molar-refractivity contribution < 1.29 is 23.9 Å². The standard InChI is InChI=1S/C28H29N3O5/c1-5-18-6-11-23-21(14-18)22(26(32)31-23)15-24-16(2)25(17(3)30-24)27(33)29-12-13-36-20-9-7-19(8-10-20)28(34)35-4/h6-11,14-15,30H,5,12-13H2,1-4H3,(H,29,33)(H,31,32)/b22-15-. The fourth-order valence-electron chi connectivity index (χ4n) is 4.23. The molecule has 8 heteroatoms. The second kappa shape index (κ2) is 10.5. The number of ether oxygens (including phenoxy) is 2. The number of carbonyl (C=O) groups excluding carboxylic acids is 3. The number of aryl methyl sites for hydroxylation is 2. The number of anilines is 1. The average Bonchev–Trinajstić information content (AvgIpc) is 3.35. The predicted octanol–water partition coefficient (Wildman–Crippen LogP) is 4.28. The van der Waals surface area contributed by atoms with Crippen molar-refractivity contribution in [1.29, 1.82) is 0 Å². The molecule has 0 fully saturated rings. The molecule has 0 unspecified atom stereocenters. The number of amides is 2. The maximum atomic E-state index is 12.9. The lowest BCUT2D eigenvalue weighted by molar-refractivity contribution is -0.110. The van der Waals surface area contributed by atoms with E-state index in [1.54, 1.807) is 30.3 Å². The maximum absolute atomic E-state index is 12.9. The van der Waals surface area contributed by atoms with Crippen LogP contribution in [0.4, 0.5) is 5.69 Å². The van der Waals surface area contributed by atoms with Crippen LogP contribution in [0.25, 0.3) is 11.6 Å². The van der Waals surface area contributed by atoms with Crippen LogP contribution in [0, 0.1) is 13.8 Å². The minimum atomic E-state index is -0.412. The summed E-state index contributed by atoms with van der Waals surface area (Å²) in [5, 5.41) is 5.78. The number of nitrogens with one attached hydrogen (secondary N) is 3. The van der Waals surface area contributed by atoms with Gasteiger partial charge in [0.1, 0.15) is 12.4 Å². The van der Waals surface area contributed by atoms with E-state index in [1.807, 2.05) is 32.0 Å². The number of hydrogen-bond donors (Lipinski definition) is 3. The Kier molecular flexibility index (Phi) is 7.24. The lowest BCUT2D eigenvalue weighted by atomic mass is 10.0. The number of H-pyrrole nitrogens is 1. The van der Waals surface area contributed by atoms with E-state index in [0.29, 0.717) is 29.0 Å². The fourth-order valence-corrected chi connectivity index (χ4v) is 4.23. The molecule has 8 nitrogen and oxygen atoms in total. The van der Waals surface area contributed by atoms with Gasteiger partial charge < -0.3 is 25.1 Å². The highest BCUT2D eigenvalue weighted by Gasteiger charge is 2.25. The quantitative estimate of drug-likeness (QED) is 0.250. The molecule has 186 valence electrons. The Labute approximate surface area is 209 Å². The maximum Gasteiger partial charge on any atom is 0.337 e. The third kappa shape index (κ3) is 5.02. The lowest BCUT2D eigenvalue weighted by Gasteiger charge is -2.09. The van der Waals surface area contributed by atoms with Gasteiger partial charge in [0.2, 0.25) is 0 Å². The van der Waals surface area contributed by atoms with Crippen molar-refractivity contribution in [1.82, 2.24) is 10.3 Å². The van der Waals surface area contributed by atoms with Crippen LogP contribution in [0.2, 0.25) is 0 Å². The van der Waals surface area contributed by atoms with E-state index in [2.05, 4.69) is 27.3 Å². The summed E-state index contributed by atoms with van der Waals surface area (Å²) in [5.41, 5.74) is 6.58. The zero-order valence-corrected chi connectivity index (χ0v) is 20.8. The van der Waals surface area contributed by atoms with Crippen molar-refractivity contribution in [3.05, 3.63) is 81.7 Å². The summed E-state index contributed by atoms with van der Waals surface area (Å²) in [4.78, 5) is 40.3. The Morgan fingerprint density at radius 1 is 1.08 bits per heavy atom. The van der Waals surface area contributed by atoms with Gasteiger partial charge in [0.25, 0.3) is 11.8 Å². The van der Waals surface area contributed by atoms with Gasteiger partial charge in [0.05, 0.1) is 30.4 Å². The summed E-state index contributed by atoms with van der Waals surface area (Å²) < 4.78 is 10.3. The monoisotopic (exact) mass is 487 g/mol.